The number of hydrogen-bond acceptors (Lipinski definition) is 9. The van der Waals surface area contributed by atoms with Crippen molar-refractivity contribution in [1.82, 2.24) is 15.8 Å². The molecule has 1 fully saturated rings. The lowest BCUT2D eigenvalue weighted by molar-refractivity contribution is -0.159. The SMILES string of the molecule is COc1cc(C(=O)N/N=C/c2ccc(CN3C(=O)CC/C=C/CCC(=O)O[C@@H]4CCCC[C@H]43)cc2)ccc1OCCCCCCC(=O)NO. The topological polar surface area (TPSA) is 156 Å². The summed E-state index contributed by atoms with van der Waals surface area (Å²) in [6.45, 7) is 0.877. The van der Waals surface area contributed by atoms with E-state index in [0.29, 0.717) is 62.3 Å². The quantitative estimate of drug-likeness (QED) is 0.0583. The summed E-state index contributed by atoms with van der Waals surface area (Å²) < 4.78 is 17.1. The van der Waals surface area contributed by atoms with E-state index in [9.17, 15) is 19.2 Å². The van der Waals surface area contributed by atoms with Crippen molar-refractivity contribution in [2.45, 2.75) is 102 Å². The molecule has 3 amide bonds. The molecule has 1 heterocycles. The normalized spacial score (nSPS) is 19.2. The Morgan fingerprint density at radius 1 is 0.980 bits per heavy atom. The highest BCUT2D eigenvalue weighted by atomic mass is 16.5. The van der Waals surface area contributed by atoms with Gasteiger partial charge in [0.2, 0.25) is 11.8 Å². The number of unbranched alkanes of at least 4 members (excludes halogenated alkanes) is 3. The first kappa shape index (κ1) is 37.1. The van der Waals surface area contributed by atoms with Crippen LogP contribution in [-0.2, 0) is 25.7 Å². The number of nitrogens with one attached hydrogen (secondary N) is 2. The Labute approximate surface area is 287 Å². The number of methoxy groups -OCH3 is 1. The zero-order valence-corrected chi connectivity index (χ0v) is 28.2. The second kappa shape index (κ2) is 20.0. The molecule has 2 aromatic carbocycles. The van der Waals surface area contributed by atoms with Crippen LogP contribution in [0, 0.1) is 0 Å². The molecule has 4 rings (SSSR count). The van der Waals surface area contributed by atoms with E-state index in [2.05, 4.69) is 10.5 Å². The number of benzene rings is 2. The van der Waals surface area contributed by atoms with E-state index < -0.39 is 5.91 Å². The summed E-state index contributed by atoms with van der Waals surface area (Å²) >= 11 is 0. The highest BCUT2D eigenvalue weighted by Gasteiger charge is 2.35. The van der Waals surface area contributed by atoms with Crippen molar-refractivity contribution < 1.29 is 38.6 Å². The van der Waals surface area contributed by atoms with E-state index in [1.807, 2.05) is 41.3 Å². The van der Waals surface area contributed by atoms with Gasteiger partial charge < -0.3 is 19.1 Å². The van der Waals surface area contributed by atoms with Crippen molar-refractivity contribution in [3.63, 3.8) is 0 Å². The highest BCUT2D eigenvalue weighted by molar-refractivity contribution is 5.95. The number of rotatable bonds is 14. The Bertz CT molecular complexity index is 1460. The van der Waals surface area contributed by atoms with Crippen LogP contribution in [0.2, 0.25) is 0 Å². The van der Waals surface area contributed by atoms with E-state index in [-0.39, 0.29) is 36.4 Å². The molecule has 2 atom stereocenters. The third kappa shape index (κ3) is 12.0. The zero-order valence-electron chi connectivity index (χ0n) is 28.2. The van der Waals surface area contributed by atoms with Gasteiger partial charge in [-0.15, -0.1) is 0 Å². The number of fused-ring (bicyclic) bond motifs is 1. The number of nitrogens with zero attached hydrogens (tertiary/aromatic N) is 2. The number of carbonyl (C=O) groups is 4. The number of carbonyl (C=O) groups excluding carboxylic acids is 4. The molecule has 0 aromatic heterocycles. The van der Waals surface area contributed by atoms with Crippen LogP contribution < -0.4 is 20.4 Å². The van der Waals surface area contributed by atoms with E-state index in [4.69, 9.17) is 19.4 Å². The molecule has 12 heteroatoms. The van der Waals surface area contributed by atoms with Crippen molar-refractivity contribution in [3.8, 4) is 11.5 Å². The molecule has 0 radical (unpaired) electrons. The molecule has 3 N–H and O–H groups in total. The molecule has 1 saturated carbocycles. The van der Waals surface area contributed by atoms with Crippen LogP contribution in [0.25, 0.3) is 0 Å². The van der Waals surface area contributed by atoms with Crippen molar-refractivity contribution in [2.75, 3.05) is 13.7 Å². The van der Waals surface area contributed by atoms with Crippen molar-refractivity contribution in [1.29, 1.82) is 0 Å². The predicted octanol–water partition coefficient (Wildman–Crippen LogP) is 5.61. The largest absolute Gasteiger partial charge is 0.493 e. The molecule has 1 aliphatic carbocycles. The summed E-state index contributed by atoms with van der Waals surface area (Å²) in [4.78, 5) is 51.6. The van der Waals surface area contributed by atoms with Crippen LogP contribution in [0.1, 0.15) is 105 Å². The molecule has 1 aliphatic heterocycles. The number of ether oxygens (including phenoxy) is 3. The number of hydrogen-bond donors (Lipinski definition) is 3. The van der Waals surface area contributed by atoms with Gasteiger partial charge in [-0.25, -0.2) is 10.9 Å². The summed E-state index contributed by atoms with van der Waals surface area (Å²) in [6.07, 6.45) is 14.2. The summed E-state index contributed by atoms with van der Waals surface area (Å²) in [6, 6.07) is 12.4. The first-order valence-corrected chi connectivity index (χ1v) is 17.2. The standard InChI is InChI=1S/C37H48N4O8/c1-47-33-24-29(21-22-32(33)48-23-11-5-4-6-14-34(42)40-46)37(45)39-38-25-27-17-19-28(20-18-27)26-41-30-12-9-10-13-31(30)49-36(44)16-8-3-2-7-15-35(41)43/h2-3,17-22,24-25,30-31,46H,4-16,23,26H2,1H3,(H,39,45)(H,40,42)/b3-2+,38-25+/t30-,31-/m1/s1. The number of hydrazone groups is 1. The number of amides is 3. The third-order valence-electron chi connectivity index (χ3n) is 8.70. The van der Waals surface area contributed by atoms with Crippen molar-refractivity contribution in [3.05, 3.63) is 71.3 Å². The molecule has 0 saturated heterocycles. The Hall–Kier alpha value is -4.71. The Morgan fingerprint density at radius 2 is 1.73 bits per heavy atom. The van der Waals surface area contributed by atoms with Crippen LogP contribution in [0.3, 0.4) is 0 Å². The monoisotopic (exact) mass is 676 g/mol. The van der Waals surface area contributed by atoms with Crippen molar-refractivity contribution >= 4 is 29.9 Å². The molecule has 2 aromatic rings. The fourth-order valence-corrected chi connectivity index (χ4v) is 6.02. The smallest absolute Gasteiger partial charge is 0.306 e. The average molecular weight is 677 g/mol. The van der Waals surface area contributed by atoms with Gasteiger partial charge in [-0.3, -0.25) is 24.4 Å². The van der Waals surface area contributed by atoms with Crippen LogP contribution in [-0.4, -0.2) is 65.9 Å². The summed E-state index contributed by atoms with van der Waals surface area (Å²) in [5.74, 6) is 0.00499. The average Bonchev–Trinajstić information content (AvgIpc) is 3.11. The molecule has 2 aliphatic rings. The first-order valence-electron chi connectivity index (χ1n) is 17.2. The minimum Gasteiger partial charge on any atom is -0.493 e. The van der Waals surface area contributed by atoms with Crippen LogP contribution in [0.5, 0.6) is 11.5 Å². The Kier molecular flexibility index (Phi) is 15.1. The minimum absolute atomic E-state index is 0.0572. The Balaban J connectivity index is 1.29. The lowest BCUT2D eigenvalue weighted by Gasteiger charge is -2.39. The van der Waals surface area contributed by atoms with E-state index >= 15 is 0 Å². The molecule has 264 valence electrons. The van der Waals surface area contributed by atoms with Gasteiger partial charge in [0.25, 0.3) is 5.91 Å². The maximum atomic E-state index is 13.4. The second-order valence-corrected chi connectivity index (χ2v) is 12.3. The van der Waals surface area contributed by atoms with Crippen LogP contribution >= 0.6 is 0 Å². The summed E-state index contributed by atoms with van der Waals surface area (Å²) in [5.41, 5.74) is 6.26. The van der Waals surface area contributed by atoms with E-state index in [0.717, 1.165) is 56.1 Å². The van der Waals surface area contributed by atoms with E-state index in [1.54, 1.807) is 29.9 Å². The predicted molar refractivity (Wildman–Crippen MR) is 183 cm³/mol. The highest BCUT2D eigenvalue weighted by Crippen LogP contribution is 2.30. The number of hydroxylamine groups is 1. The minimum atomic E-state index is -0.406. The van der Waals surface area contributed by atoms with Gasteiger partial charge in [0, 0.05) is 31.4 Å². The molecule has 12 nitrogen and oxygen atoms in total. The molecule has 0 bridgehead atoms. The molecule has 0 spiro atoms. The first-order chi connectivity index (χ1) is 23.9. The van der Waals surface area contributed by atoms with Crippen molar-refractivity contribution in [2.24, 2.45) is 5.10 Å². The molecule has 49 heavy (non-hydrogen) atoms. The maximum absolute atomic E-state index is 13.4. The lowest BCUT2D eigenvalue weighted by atomic mass is 9.90. The summed E-state index contributed by atoms with van der Waals surface area (Å²) in [7, 11) is 1.51. The third-order valence-corrected chi connectivity index (χ3v) is 8.70. The van der Waals surface area contributed by atoms with Gasteiger partial charge in [0.05, 0.1) is 26.0 Å². The second-order valence-electron chi connectivity index (χ2n) is 12.3. The van der Waals surface area contributed by atoms with Gasteiger partial charge >= 0.3 is 5.97 Å². The molecular formula is C37H48N4O8. The van der Waals surface area contributed by atoms with Gasteiger partial charge in [0.15, 0.2) is 11.5 Å². The maximum Gasteiger partial charge on any atom is 0.306 e. The zero-order chi connectivity index (χ0) is 34.8. The fraction of sp³-hybridized carbons (Fsp3) is 0.486. The van der Waals surface area contributed by atoms with Gasteiger partial charge in [-0.1, -0.05) is 55.7 Å². The number of esters is 1. The van der Waals surface area contributed by atoms with Gasteiger partial charge in [-0.05, 0) is 74.3 Å². The molecule has 0 unspecified atom stereocenters. The van der Waals surface area contributed by atoms with Gasteiger partial charge in [-0.2, -0.15) is 5.10 Å². The lowest BCUT2D eigenvalue weighted by Crippen LogP contribution is -2.49. The number of allylic oxidation sites excluding steroid dienone is 2. The van der Waals surface area contributed by atoms with Crippen LogP contribution in [0.15, 0.2) is 59.7 Å². The molecular weight excluding hydrogens is 628 g/mol. The van der Waals surface area contributed by atoms with E-state index in [1.165, 1.54) is 7.11 Å². The Morgan fingerprint density at radius 3 is 2.51 bits per heavy atom. The fourth-order valence-electron chi connectivity index (χ4n) is 6.02. The van der Waals surface area contributed by atoms with Gasteiger partial charge in [0.1, 0.15) is 6.10 Å². The summed E-state index contributed by atoms with van der Waals surface area (Å²) in [5, 5.41) is 12.7. The van der Waals surface area contributed by atoms with Crippen LogP contribution in [0.4, 0.5) is 0 Å².